The van der Waals surface area contributed by atoms with Crippen molar-refractivity contribution < 1.29 is 14.3 Å². The lowest BCUT2D eigenvalue weighted by Crippen LogP contribution is -2.20. The summed E-state index contributed by atoms with van der Waals surface area (Å²) in [5, 5.41) is 0.733. The molecule has 1 saturated carbocycles. The van der Waals surface area contributed by atoms with Gasteiger partial charge in [0.15, 0.2) is 5.78 Å². The van der Waals surface area contributed by atoms with Gasteiger partial charge in [-0.15, -0.1) is 11.3 Å². The highest BCUT2D eigenvalue weighted by Gasteiger charge is 2.36. The monoisotopic (exact) mass is 310 g/mol. The summed E-state index contributed by atoms with van der Waals surface area (Å²) in [6.45, 7) is 4.90. The van der Waals surface area contributed by atoms with Crippen molar-refractivity contribution in [2.75, 3.05) is 30.8 Å². The molecule has 2 N–H and O–H groups in total. The van der Waals surface area contributed by atoms with E-state index < -0.39 is 5.97 Å². The largest absolute Gasteiger partial charge is 0.462 e. The maximum atomic E-state index is 12.3. The number of carbonyl (C=O) groups excluding carboxylic acids is 2. The Balaban J connectivity index is 2.42. The average Bonchev–Trinajstić information content (AvgIpc) is 3.22. The molecule has 0 aliphatic heterocycles. The Morgan fingerprint density at radius 3 is 2.57 bits per heavy atom. The van der Waals surface area contributed by atoms with E-state index in [0.717, 1.165) is 30.8 Å². The Morgan fingerprint density at radius 1 is 1.38 bits per heavy atom. The molecule has 21 heavy (non-hydrogen) atoms. The minimum atomic E-state index is -0.445. The van der Waals surface area contributed by atoms with Gasteiger partial charge in [0.2, 0.25) is 0 Å². The second kappa shape index (κ2) is 6.47. The molecular weight excluding hydrogens is 288 g/mol. The van der Waals surface area contributed by atoms with Crippen LogP contribution in [-0.2, 0) is 4.74 Å². The SMILES string of the molecule is CCCN(C)c1sc(C(=O)C2CC2)c(N)c1C(=O)OCC. The van der Waals surface area contributed by atoms with Gasteiger partial charge < -0.3 is 15.4 Å². The Bertz CT molecular complexity index is 549. The summed E-state index contributed by atoms with van der Waals surface area (Å²) in [4.78, 5) is 27.0. The number of esters is 1. The van der Waals surface area contributed by atoms with Gasteiger partial charge in [-0.3, -0.25) is 4.79 Å². The number of ether oxygens (including phenoxy) is 1. The zero-order chi connectivity index (χ0) is 15.6. The Labute approximate surface area is 129 Å². The standard InChI is InChI=1S/C15H22N2O3S/c1-4-8-17(3)14-10(15(19)20-5-2)11(16)13(21-14)12(18)9-6-7-9/h9H,4-8,16H2,1-3H3. The summed E-state index contributed by atoms with van der Waals surface area (Å²) >= 11 is 1.32. The third-order valence-electron chi connectivity index (χ3n) is 3.48. The summed E-state index contributed by atoms with van der Waals surface area (Å²) in [6.07, 6.45) is 2.79. The van der Waals surface area contributed by atoms with E-state index in [0.29, 0.717) is 10.4 Å². The predicted octanol–water partition coefficient (Wildman–Crippen LogP) is 2.95. The number of hydrogen-bond donors (Lipinski definition) is 1. The van der Waals surface area contributed by atoms with Crippen molar-refractivity contribution in [1.82, 2.24) is 0 Å². The molecule has 1 fully saturated rings. The number of thiophene rings is 1. The molecule has 0 atom stereocenters. The van der Waals surface area contributed by atoms with Gasteiger partial charge in [-0.2, -0.15) is 0 Å². The van der Waals surface area contributed by atoms with Gasteiger partial charge >= 0.3 is 5.97 Å². The fourth-order valence-electron chi connectivity index (χ4n) is 2.25. The molecule has 0 spiro atoms. The quantitative estimate of drug-likeness (QED) is 0.619. The third-order valence-corrected chi connectivity index (χ3v) is 4.82. The van der Waals surface area contributed by atoms with Crippen LogP contribution < -0.4 is 10.6 Å². The van der Waals surface area contributed by atoms with Gasteiger partial charge in [0, 0.05) is 19.5 Å². The van der Waals surface area contributed by atoms with Crippen LogP contribution >= 0.6 is 11.3 Å². The Kier molecular flexibility index (Phi) is 4.88. The molecule has 2 rings (SSSR count). The molecule has 1 aliphatic rings. The normalized spacial score (nSPS) is 14.0. The van der Waals surface area contributed by atoms with Crippen molar-refractivity contribution in [2.45, 2.75) is 33.1 Å². The molecule has 0 amide bonds. The number of carbonyl (C=O) groups is 2. The van der Waals surface area contributed by atoms with Crippen LogP contribution in [0.1, 0.15) is 53.1 Å². The lowest BCUT2D eigenvalue weighted by atomic mass is 10.1. The van der Waals surface area contributed by atoms with Crippen molar-refractivity contribution in [2.24, 2.45) is 5.92 Å². The van der Waals surface area contributed by atoms with Crippen LogP contribution in [0.5, 0.6) is 0 Å². The number of nitrogens with two attached hydrogens (primary N) is 1. The van der Waals surface area contributed by atoms with E-state index in [1.54, 1.807) is 6.92 Å². The number of nitrogen functional groups attached to an aromatic ring is 1. The first-order chi connectivity index (χ1) is 10.0. The fraction of sp³-hybridized carbons (Fsp3) is 0.600. The van der Waals surface area contributed by atoms with Gasteiger partial charge in [-0.25, -0.2) is 4.79 Å². The van der Waals surface area contributed by atoms with Crippen molar-refractivity contribution in [3.05, 3.63) is 10.4 Å². The number of anilines is 2. The van der Waals surface area contributed by atoms with Crippen LogP contribution in [-0.4, -0.2) is 32.0 Å². The van der Waals surface area contributed by atoms with E-state index in [1.165, 1.54) is 11.3 Å². The molecule has 1 heterocycles. The van der Waals surface area contributed by atoms with Crippen molar-refractivity contribution >= 4 is 33.8 Å². The van der Waals surface area contributed by atoms with Gasteiger partial charge in [0.25, 0.3) is 0 Å². The summed E-state index contributed by atoms with van der Waals surface area (Å²) in [6, 6.07) is 0. The van der Waals surface area contributed by atoms with Crippen LogP contribution in [0.15, 0.2) is 0 Å². The van der Waals surface area contributed by atoms with Crippen molar-refractivity contribution in [3.63, 3.8) is 0 Å². The minimum absolute atomic E-state index is 0.0687. The first-order valence-corrected chi connectivity index (χ1v) is 8.17. The molecule has 5 nitrogen and oxygen atoms in total. The van der Waals surface area contributed by atoms with E-state index in [9.17, 15) is 9.59 Å². The summed E-state index contributed by atoms with van der Waals surface area (Å²) in [7, 11) is 1.91. The van der Waals surface area contributed by atoms with Crippen molar-refractivity contribution in [1.29, 1.82) is 0 Å². The summed E-state index contributed by atoms with van der Waals surface area (Å²) in [5.41, 5.74) is 6.73. The lowest BCUT2D eigenvalue weighted by Gasteiger charge is -2.17. The molecule has 0 aromatic carbocycles. The molecule has 0 bridgehead atoms. The molecule has 1 aromatic heterocycles. The topological polar surface area (TPSA) is 72.6 Å². The fourth-order valence-corrected chi connectivity index (χ4v) is 3.47. The van der Waals surface area contributed by atoms with E-state index in [2.05, 4.69) is 6.92 Å². The highest BCUT2D eigenvalue weighted by molar-refractivity contribution is 7.19. The van der Waals surface area contributed by atoms with E-state index >= 15 is 0 Å². The highest BCUT2D eigenvalue weighted by atomic mass is 32.1. The number of hydrogen-bond acceptors (Lipinski definition) is 6. The number of rotatable bonds is 7. The number of nitrogens with zero attached hydrogens (tertiary/aromatic N) is 1. The van der Waals surface area contributed by atoms with Crippen LogP contribution in [0.2, 0.25) is 0 Å². The number of Topliss-reactive ketones (excluding diaryl/α,β-unsaturated/α-hetero) is 1. The van der Waals surface area contributed by atoms with Gasteiger partial charge in [0.1, 0.15) is 10.6 Å². The highest BCUT2D eigenvalue weighted by Crippen LogP contribution is 2.43. The number of ketones is 1. The average molecular weight is 310 g/mol. The van der Waals surface area contributed by atoms with E-state index in [4.69, 9.17) is 10.5 Å². The third kappa shape index (κ3) is 3.20. The first-order valence-electron chi connectivity index (χ1n) is 7.35. The van der Waals surface area contributed by atoms with Crippen LogP contribution in [0.3, 0.4) is 0 Å². The zero-order valence-corrected chi connectivity index (χ0v) is 13.6. The van der Waals surface area contributed by atoms with Gasteiger partial charge in [-0.05, 0) is 26.2 Å². The molecular formula is C15H22N2O3S. The Hall–Kier alpha value is -1.56. The molecule has 116 valence electrons. The maximum absolute atomic E-state index is 12.3. The van der Waals surface area contributed by atoms with E-state index in [1.807, 2.05) is 11.9 Å². The van der Waals surface area contributed by atoms with Gasteiger partial charge in [-0.1, -0.05) is 6.92 Å². The second-order valence-corrected chi connectivity index (χ2v) is 6.30. The Morgan fingerprint density at radius 2 is 2.05 bits per heavy atom. The summed E-state index contributed by atoms with van der Waals surface area (Å²) < 4.78 is 5.10. The van der Waals surface area contributed by atoms with Crippen LogP contribution in [0, 0.1) is 5.92 Å². The van der Waals surface area contributed by atoms with Crippen LogP contribution in [0.25, 0.3) is 0 Å². The van der Waals surface area contributed by atoms with Crippen molar-refractivity contribution in [3.8, 4) is 0 Å². The van der Waals surface area contributed by atoms with Crippen LogP contribution in [0.4, 0.5) is 10.7 Å². The zero-order valence-electron chi connectivity index (χ0n) is 12.8. The molecule has 0 unspecified atom stereocenters. The smallest absolute Gasteiger partial charge is 0.343 e. The molecule has 0 radical (unpaired) electrons. The molecule has 6 heteroatoms. The summed E-state index contributed by atoms with van der Waals surface area (Å²) in [5.74, 6) is -0.288. The molecule has 1 aromatic rings. The first kappa shape index (κ1) is 15.8. The predicted molar refractivity (Wildman–Crippen MR) is 85.3 cm³/mol. The van der Waals surface area contributed by atoms with Gasteiger partial charge in [0.05, 0.1) is 17.2 Å². The molecule has 0 saturated heterocycles. The van der Waals surface area contributed by atoms with E-state index in [-0.39, 0.29) is 24.0 Å². The maximum Gasteiger partial charge on any atom is 0.343 e. The molecule has 1 aliphatic carbocycles. The second-order valence-electron chi connectivity index (χ2n) is 5.31. The minimum Gasteiger partial charge on any atom is -0.462 e. The lowest BCUT2D eigenvalue weighted by molar-refractivity contribution is 0.0529.